The average molecular weight is 199 g/mol. The summed E-state index contributed by atoms with van der Waals surface area (Å²) in [6.07, 6.45) is 4.21. The third-order valence-electron chi connectivity index (χ3n) is 1.88. The fourth-order valence-corrected chi connectivity index (χ4v) is 1.27. The van der Waals surface area contributed by atoms with Gasteiger partial charge < -0.3 is 0 Å². The van der Waals surface area contributed by atoms with Crippen LogP contribution >= 0.6 is 0 Å². The molecule has 0 aliphatic rings. The summed E-state index contributed by atoms with van der Waals surface area (Å²) < 4.78 is 0. The SMILES string of the molecule is O=C=NC(=O)c1cccc2nccnc12. The predicted molar refractivity (Wildman–Crippen MR) is 52.0 cm³/mol. The number of rotatable bonds is 1. The van der Waals surface area contributed by atoms with Gasteiger partial charge in [0.25, 0.3) is 5.91 Å². The smallest absolute Gasteiger partial charge is 0.266 e. The molecule has 0 atom stereocenters. The first kappa shape index (κ1) is 9.18. The molecule has 0 saturated heterocycles. The molecule has 5 heteroatoms. The molecule has 72 valence electrons. The molecule has 0 spiro atoms. The van der Waals surface area contributed by atoms with Crippen LogP contribution in [-0.2, 0) is 4.79 Å². The zero-order chi connectivity index (χ0) is 10.7. The minimum Gasteiger partial charge on any atom is -0.266 e. The average Bonchev–Trinajstić information content (AvgIpc) is 2.28. The number of carbonyl (C=O) groups is 1. The van der Waals surface area contributed by atoms with Gasteiger partial charge in [0.05, 0.1) is 11.1 Å². The lowest BCUT2D eigenvalue weighted by Gasteiger charge is -1.98. The van der Waals surface area contributed by atoms with Crippen LogP contribution in [0.4, 0.5) is 0 Å². The predicted octanol–water partition coefficient (Wildman–Crippen LogP) is 1.11. The summed E-state index contributed by atoms with van der Waals surface area (Å²) in [7, 11) is 0. The summed E-state index contributed by atoms with van der Waals surface area (Å²) in [5.41, 5.74) is 1.28. The van der Waals surface area contributed by atoms with Crippen LogP contribution in [0.15, 0.2) is 35.6 Å². The van der Waals surface area contributed by atoms with Crippen molar-refractivity contribution in [3.05, 3.63) is 36.2 Å². The molecule has 15 heavy (non-hydrogen) atoms. The van der Waals surface area contributed by atoms with Gasteiger partial charge in [-0.05, 0) is 12.1 Å². The summed E-state index contributed by atoms with van der Waals surface area (Å²) in [5, 5.41) is 0. The molecule has 0 unspecified atom stereocenters. The molecule has 1 heterocycles. The van der Waals surface area contributed by atoms with Crippen LogP contribution < -0.4 is 0 Å². The molecule has 2 aromatic rings. The second-order valence-electron chi connectivity index (χ2n) is 2.74. The van der Waals surface area contributed by atoms with E-state index in [0.717, 1.165) is 0 Å². The molecule has 1 aromatic heterocycles. The maximum atomic E-state index is 11.4. The minimum atomic E-state index is -0.656. The van der Waals surface area contributed by atoms with Gasteiger partial charge in [0.15, 0.2) is 0 Å². The number of isocyanates is 1. The number of amides is 1. The normalized spacial score (nSPS) is 9.60. The molecule has 0 radical (unpaired) electrons. The zero-order valence-electron chi connectivity index (χ0n) is 7.54. The molecular formula is C10H5N3O2. The van der Waals surface area contributed by atoms with Gasteiger partial charge in [-0.25, -0.2) is 4.79 Å². The summed E-state index contributed by atoms with van der Waals surface area (Å²) in [5.74, 6) is -0.656. The number of nitrogens with zero attached hydrogens (tertiary/aromatic N) is 3. The Hall–Kier alpha value is -2.39. The number of para-hydroxylation sites is 1. The molecule has 0 fully saturated rings. The van der Waals surface area contributed by atoms with E-state index in [9.17, 15) is 9.59 Å². The molecule has 0 saturated carbocycles. The van der Waals surface area contributed by atoms with Crippen molar-refractivity contribution < 1.29 is 9.59 Å². The van der Waals surface area contributed by atoms with Gasteiger partial charge in [0.1, 0.15) is 5.52 Å². The van der Waals surface area contributed by atoms with Crippen LogP contribution in [0.25, 0.3) is 11.0 Å². The Kier molecular flexibility index (Phi) is 2.31. The highest BCUT2D eigenvalue weighted by Gasteiger charge is 2.09. The molecule has 2 rings (SSSR count). The second kappa shape index (κ2) is 3.77. The second-order valence-corrected chi connectivity index (χ2v) is 2.74. The van der Waals surface area contributed by atoms with Gasteiger partial charge in [-0.1, -0.05) is 6.07 Å². The molecule has 0 N–H and O–H groups in total. The maximum Gasteiger partial charge on any atom is 0.289 e. The molecule has 0 aliphatic heterocycles. The molecule has 5 nitrogen and oxygen atoms in total. The van der Waals surface area contributed by atoms with Crippen molar-refractivity contribution in [2.24, 2.45) is 4.99 Å². The lowest BCUT2D eigenvalue weighted by Crippen LogP contribution is -1.97. The van der Waals surface area contributed by atoms with Crippen molar-refractivity contribution in [3.63, 3.8) is 0 Å². The number of fused-ring (bicyclic) bond motifs is 1. The van der Waals surface area contributed by atoms with Crippen LogP contribution in [0.5, 0.6) is 0 Å². The number of hydrogen-bond donors (Lipinski definition) is 0. The van der Waals surface area contributed by atoms with E-state index < -0.39 is 5.91 Å². The summed E-state index contributed by atoms with van der Waals surface area (Å²) in [6.45, 7) is 0. The van der Waals surface area contributed by atoms with Gasteiger partial charge in [0.2, 0.25) is 6.08 Å². The van der Waals surface area contributed by atoms with Crippen molar-refractivity contribution in [1.29, 1.82) is 0 Å². The van der Waals surface area contributed by atoms with Crippen LogP contribution in [-0.4, -0.2) is 22.0 Å². The van der Waals surface area contributed by atoms with E-state index in [1.807, 2.05) is 0 Å². The van der Waals surface area contributed by atoms with Gasteiger partial charge in [0, 0.05) is 12.4 Å². The molecule has 0 aliphatic carbocycles. The van der Waals surface area contributed by atoms with Crippen molar-refractivity contribution in [2.45, 2.75) is 0 Å². The van der Waals surface area contributed by atoms with E-state index in [2.05, 4.69) is 15.0 Å². The van der Waals surface area contributed by atoms with Crippen molar-refractivity contribution in [2.75, 3.05) is 0 Å². The van der Waals surface area contributed by atoms with E-state index in [-0.39, 0.29) is 5.56 Å². The van der Waals surface area contributed by atoms with Gasteiger partial charge in [-0.2, -0.15) is 0 Å². The lowest BCUT2D eigenvalue weighted by atomic mass is 10.1. The van der Waals surface area contributed by atoms with Crippen molar-refractivity contribution in [1.82, 2.24) is 9.97 Å². The van der Waals surface area contributed by atoms with E-state index in [1.165, 1.54) is 18.5 Å². The topological polar surface area (TPSA) is 72.3 Å². The van der Waals surface area contributed by atoms with E-state index >= 15 is 0 Å². The van der Waals surface area contributed by atoms with Gasteiger partial charge in [-0.15, -0.1) is 4.99 Å². The first-order valence-corrected chi connectivity index (χ1v) is 4.15. The summed E-state index contributed by atoms with van der Waals surface area (Å²) in [4.78, 5) is 32.4. The van der Waals surface area contributed by atoms with E-state index in [4.69, 9.17) is 0 Å². The molecule has 1 aromatic carbocycles. The number of aliphatic imine (C=N–C) groups is 1. The highest BCUT2D eigenvalue weighted by molar-refractivity contribution is 6.06. The van der Waals surface area contributed by atoms with Crippen LogP contribution in [0.2, 0.25) is 0 Å². The van der Waals surface area contributed by atoms with Crippen LogP contribution in [0, 0.1) is 0 Å². The third-order valence-corrected chi connectivity index (χ3v) is 1.88. The van der Waals surface area contributed by atoms with Gasteiger partial charge >= 0.3 is 0 Å². The fourth-order valence-electron chi connectivity index (χ4n) is 1.27. The Morgan fingerprint density at radius 2 is 2.07 bits per heavy atom. The maximum absolute atomic E-state index is 11.4. The van der Waals surface area contributed by atoms with Crippen molar-refractivity contribution >= 4 is 23.0 Å². The lowest BCUT2D eigenvalue weighted by molar-refractivity contribution is 0.100. The molecule has 0 bridgehead atoms. The number of benzene rings is 1. The fraction of sp³-hybridized carbons (Fsp3) is 0. The van der Waals surface area contributed by atoms with E-state index in [0.29, 0.717) is 11.0 Å². The Labute approximate surface area is 84.5 Å². The summed E-state index contributed by atoms with van der Waals surface area (Å²) >= 11 is 0. The number of hydrogen-bond acceptors (Lipinski definition) is 4. The monoisotopic (exact) mass is 199 g/mol. The van der Waals surface area contributed by atoms with Crippen molar-refractivity contribution in [3.8, 4) is 0 Å². The first-order valence-electron chi connectivity index (χ1n) is 4.15. The number of carbonyl (C=O) groups excluding carboxylic acids is 2. The highest BCUT2D eigenvalue weighted by atomic mass is 16.2. The Bertz CT molecular complexity index is 568. The minimum absolute atomic E-state index is 0.254. The Balaban J connectivity index is 2.71. The Morgan fingerprint density at radius 3 is 2.87 bits per heavy atom. The molecule has 1 amide bonds. The quantitative estimate of drug-likeness (QED) is 0.509. The van der Waals surface area contributed by atoms with Crippen LogP contribution in [0.1, 0.15) is 10.4 Å². The first-order chi connectivity index (χ1) is 7.33. The molecular weight excluding hydrogens is 194 g/mol. The highest BCUT2D eigenvalue weighted by Crippen LogP contribution is 2.14. The van der Waals surface area contributed by atoms with Crippen LogP contribution in [0.3, 0.4) is 0 Å². The number of aromatic nitrogens is 2. The standard InChI is InChI=1S/C10H5N3O2/c14-6-13-10(15)7-2-1-3-8-9(7)12-5-4-11-8/h1-5H. The summed E-state index contributed by atoms with van der Waals surface area (Å²) in [6, 6.07) is 4.93. The zero-order valence-corrected chi connectivity index (χ0v) is 7.54. The largest absolute Gasteiger partial charge is 0.289 e. The Morgan fingerprint density at radius 1 is 1.27 bits per heavy atom. The third kappa shape index (κ3) is 1.63. The van der Waals surface area contributed by atoms with E-state index in [1.54, 1.807) is 18.2 Å². The van der Waals surface area contributed by atoms with Gasteiger partial charge in [-0.3, -0.25) is 14.8 Å².